The van der Waals surface area contributed by atoms with Crippen molar-refractivity contribution in [2.24, 2.45) is 0 Å². The lowest BCUT2D eigenvalue weighted by Crippen LogP contribution is -1.83. The molecule has 0 N–H and O–H groups in total. The molecule has 0 aliphatic carbocycles. The van der Waals surface area contributed by atoms with E-state index in [0.717, 1.165) is 10.0 Å². The van der Waals surface area contributed by atoms with Gasteiger partial charge in [0.25, 0.3) is 0 Å². The van der Waals surface area contributed by atoms with Crippen molar-refractivity contribution in [3.8, 4) is 11.8 Å². The molecular weight excluding hydrogens is 286 g/mol. The van der Waals surface area contributed by atoms with Crippen molar-refractivity contribution in [3.05, 3.63) is 63.3 Å². The molecule has 0 fully saturated rings. The first-order valence-electron chi connectivity index (χ1n) is 4.64. The average Bonchev–Trinajstić information content (AvgIpc) is 2.29. The predicted octanol–water partition coefficient (Wildman–Crippen LogP) is 3.90. The molecule has 0 radical (unpaired) electrons. The third-order valence-corrected chi connectivity index (χ3v) is 2.63. The highest BCUT2D eigenvalue weighted by Gasteiger charge is 1.98. The van der Waals surface area contributed by atoms with E-state index in [1.165, 1.54) is 0 Å². The second-order valence-electron chi connectivity index (χ2n) is 3.10. The summed E-state index contributed by atoms with van der Waals surface area (Å²) in [6, 6.07) is 11.5. The lowest BCUT2D eigenvalue weighted by atomic mass is 10.2. The molecule has 3 heteroatoms. The van der Waals surface area contributed by atoms with Gasteiger partial charge in [0.05, 0.1) is 5.02 Å². The molecule has 0 unspecified atom stereocenters. The van der Waals surface area contributed by atoms with E-state index in [2.05, 4.69) is 32.8 Å². The minimum atomic E-state index is 0.554. The number of halogens is 2. The molecule has 0 bridgehead atoms. The summed E-state index contributed by atoms with van der Waals surface area (Å²) >= 11 is 9.30. The Hall–Kier alpha value is -1.30. The van der Waals surface area contributed by atoms with Crippen LogP contribution in [0.1, 0.15) is 11.3 Å². The second-order valence-corrected chi connectivity index (χ2v) is 4.42. The monoisotopic (exact) mass is 291 g/mol. The normalized spacial score (nSPS) is 9.38. The maximum absolute atomic E-state index is 6.00. The number of nitrogens with zero attached hydrogens (tertiary/aromatic N) is 1. The van der Waals surface area contributed by atoms with Gasteiger partial charge < -0.3 is 0 Å². The summed E-state index contributed by atoms with van der Waals surface area (Å²) < 4.78 is 0.850. The molecule has 0 aliphatic rings. The zero-order valence-corrected chi connectivity index (χ0v) is 10.6. The van der Waals surface area contributed by atoms with Crippen LogP contribution in [-0.2, 0) is 0 Å². The summed E-state index contributed by atoms with van der Waals surface area (Å²) in [6.45, 7) is 0. The average molecular weight is 293 g/mol. The molecule has 1 aromatic heterocycles. The third kappa shape index (κ3) is 2.85. The Labute approximate surface area is 108 Å². The third-order valence-electron chi connectivity index (χ3n) is 1.91. The molecule has 2 rings (SSSR count). The standard InChI is InChI=1S/C13H7BrClN/c14-11-8-12(15)13(16-9-11)7-6-10-4-2-1-3-5-10/h1-5,8-9H. The van der Waals surface area contributed by atoms with Crippen LogP contribution in [0.5, 0.6) is 0 Å². The van der Waals surface area contributed by atoms with Gasteiger partial charge in [0.1, 0.15) is 5.69 Å². The molecule has 1 heterocycles. The van der Waals surface area contributed by atoms with E-state index in [9.17, 15) is 0 Å². The molecule has 2 aromatic rings. The molecule has 0 aliphatic heterocycles. The topological polar surface area (TPSA) is 12.9 Å². The molecule has 0 spiro atoms. The summed E-state index contributed by atoms with van der Waals surface area (Å²) in [7, 11) is 0. The summed E-state index contributed by atoms with van der Waals surface area (Å²) in [6.07, 6.45) is 1.68. The first-order valence-corrected chi connectivity index (χ1v) is 5.81. The Balaban J connectivity index is 2.31. The quantitative estimate of drug-likeness (QED) is 0.671. The van der Waals surface area contributed by atoms with Gasteiger partial charge in [-0.05, 0) is 40.0 Å². The van der Waals surface area contributed by atoms with Crippen LogP contribution in [0.15, 0.2) is 47.1 Å². The Bertz CT molecular complexity index is 555. The first kappa shape index (κ1) is 11.2. The van der Waals surface area contributed by atoms with Gasteiger partial charge in [0, 0.05) is 16.2 Å². The number of pyridine rings is 1. The minimum Gasteiger partial charge on any atom is -0.245 e. The van der Waals surface area contributed by atoms with Gasteiger partial charge in [-0.25, -0.2) is 4.98 Å². The van der Waals surface area contributed by atoms with Gasteiger partial charge in [0.2, 0.25) is 0 Å². The zero-order valence-electron chi connectivity index (χ0n) is 8.24. The SMILES string of the molecule is Clc1cc(Br)cnc1C#Cc1ccccc1. The maximum atomic E-state index is 6.00. The maximum Gasteiger partial charge on any atom is 0.132 e. The number of aromatic nitrogens is 1. The Morgan fingerprint density at radius 3 is 2.56 bits per heavy atom. The number of benzene rings is 1. The van der Waals surface area contributed by atoms with Gasteiger partial charge in [-0.2, -0.15) is 0 Å². The highest BCUT2D eigenvalue weighted by atomic mass is 79.9. The van der Waals surface area contributed by atoms with Crippen LogP contribution in [0.4, 0.5) is 0 Å². The first-order chi connectivity index (χ1) is 7.75. The Morgan fingerprint density at radius 2 is 1.88 bits per heavy atom. The molecule has 0 amide bonds. The lowest BCUT2D eigenvalue weighted by molar-refractivity contribution is 1.27. The van der Waals surface area contributed by atoms with Crippen molar-refractivity contribution in [2.75, 3.05) is 0 Å². The number of hydrogen-bond donors (Lipinski definition) is 0. The van der Waals surface area contributed by atoms with Crippen molar-refractivity contribution in [1.29, 1.82) is 0 Å². The van der Waals surface area contributed by atoms with E-state index in [1.54, 1.807) is 12.3 Å². The summed E-state index contributed by atoms with van der Waals surface area (Å²) in [5, 5.41) is 0.554. The van der Waals surface area contributed by atoms with E-state index in [4.69, 9.17) is 11.6 Å². The van der Waals surface area contributed by atoms with Gasteiger partial charge in [-0.3, -0.25) is 0 Å². The van der Waals surface area contributed by atoms with E-state index < -0.39 is 0 Å². The van der Waals surface area contributed by atoms with Gasteiger partial charge in [0.15, 0.2) is 0 Å². The van der Waals surface area contributed by atoms with Crippen LogP contribution in [0, 0.1) is 11.8 Å². The van der Waals surface area contributed by atoms with Crippen LogP contribution in [0.2, 0.25) is 5.02 Å². The van der Waals surface area contributed by atoms with Crippen LogP contribution in [-0.4, -0.2) is 4.98 Å². The van der Waals surface area contributed by atoms with E-state index in [1.807, 2.05) is 30.3 Å². The minimum absolute atomic E-state index is 0.554. The van der Waals surface area contributed by atoms with Crippen molar-refractivity contribution in [2.45, 2.75) is 0 Å². The molecule has 0 saturated heterocycles. The molecule has 16 heavy (non-hydrogen) atoms. The number of hydrogen-bond acceptors (Lipinski definition) is 1. The number of rotatable bonds is 0. The fraction of sp³-hybridized carbons (Fsp3) is 0. The van der Waals surface area contributed by atoms with Gasteiger partial charge in [-0.15, -0.1) is 0 Å². The summed E-state index contributed by atoms with van der Waals surface area (Å²) in [4.78, 5) is 4.14. The molecular formula is C13H7BrClN. The smallest absolute Gasteiger partial charge is 0.132 e. The largest absolute Gasteiger partial charge is 0.245 e. The van der Waals surface area contributed by atoms with Crippen molar-refractivity contribution < 1.29 is 0 Å². The van der Waals surface area contributed by atoms with Crippen molar-refractivity contribution in [1.82, 2.24) is 4.98 Å². The lowest BCUT2D eigenvalue weighted by Gasteiger charge is -1.94. The van der Waals surface area contributed by atoms with E-state index in [0.29, 0.717) is 10.7 Å². The van der Waals surface area contributed by atoms with Crippen LogP contribution in [0.25, 0.3) is 0 Å². The predicted molar refractivity (Wildman–Crippen MR) is 69.4 cm³/mol. The van der Waals surface area contributed by atoms with Gasteiger partial charge in [-0.1, -0.05) is 35.7 Å². The van der Waals surface area contributed by atoms with Crippen LogP contribution >= 0.6 is 27.5 Å². The Kier molecular flexibility index (Phi) is 3.61. The fourth-order valence-corrected chi connectivity index (χ4v) is 1.84. The van der Waals surface area contributed by atoms with Gasteiger partial charge >= 0.3 is 0 Å². The second kappa shape index (κ2) is 5.16. The molecule has 1 aromatic carbocycles. The summed E-state index contributed by atoms with van der Waals surface area (Å²) in [5.74, 6) is 5.95. The highest BCUT2D eigenvalue weighted by Crippen LogP contribution is 2.17. The van der Waals surface area contributed by atoms with E-state index >= 15 is 0 Å². The van der Waals surface area contributed by atoms with Crippen molar-refractivity contribution >= 4 is 27.5 Å². The molecule has 0 atom stereocenters. The zero-order chi connectivity index (χ0) is 11.4. The molecule has 78 valence electrons. The molecule has 0 saturated carbocycles. The molecule has 1 nitrogen and oxygen atoms in total. The summed E-state index contributed by atoms with van der Waals surface area (Å²) in [5.41, 5.74) is 1.54. The Morgan fingerprint density at radius 1 is 1.12 bits per heavy atom. The highest BCUT2D eigenvalue weighted by molar-refractivity contribution is 9.10. The van der Waals surface area contributed by atoms with Crippen LogP contribution in [0.3, 0.4) is 0 Å². The fourth-order valence-electron chi connectivity index (χ4n) is 1.16. The van der Waals surface area contributed by atoms with Crippen LogP contribution < -0.4 is 0 Å². The van der Waals surface area contributed by atoms with E-state index in [-0.39, 0.29) is 0 Å². The van der Waals surface area contributed by atoms with Crippen molar-refractivity contribution in [3.63, 3.8) is 0 Å².